The van der Waals surface area contributed by atoms with E-state index in [9.17, 15) is 14.0 Å². The first-order valence-corrected chi connectivity index (χ1v) is 6.22. The minimum Gasteiger partial charge on any atom is -0.494 e. The third-order valence-corrected chi connectivity index (χ3v) is 2.57. The Kier molecular flexibility index (Phi) is 5.96. The van der Waals surface area contributed by atoms with Crippen molar-refractivity contribution in [3.05, 3.63) is 29.6 Å². The Morgan fingerprint density at radius 1 is 1.15 bits per heavy atom. The fourth-order valence-corrected chi connectivity index (χ4v) is 1.71. The summed E-state index contributed by atoms with van der Waals surface area (Å²) in [6.45, 7) is 3.37. The van der Waals surface area contributed by atoms with E-state index in [4.69, 9.17) is 14.2 Å². The molecule has 0 saturated carbocycles. The Bertz CT molecular complexity index is 468. The van der Waals surface area contributed by atoms with E-state index in [0.29, 0.717) is 0 Å². The molecule has 110 valence electrons. The molecule has 0 N–H and O–H groups in total. The third-order valence-electron chi connectivity index (χ3n) is 2.57. The van der Waals surface area contributed by atoms with Gasteiger partial charge in [-0.2, -0.15) is 0 Å². The van der Waals surface area contributed by atoms with Gasteiger partial charge in [0.25, 0.3) is 0 Å². The molecular weight excluding hydrogens is 267 g/mol. The van der Waals surface area contributed by atoms with Crippen LogP contribution >= 0.6 is 0 Å². The van der Waals surface area contributed by atoms with Crippen LogP contribution in [0.1, 0.15) is 25.3 Å². The van der Waals surface area contributed by atoms with Crippen LogP contribution in [-0.2, 0) is 19.1 Å². The van der Waals surface area contributed by atoms with Gasteiger partial charge in [0.2, 0.25) is 0 Å². The second kappa shape index (κ2) is 7.47. The van der Waals surface area contributed by atoms with Gasteiger partial charge in [-0.1, -0.05) is 12.1 Å². The zero-order valence-electron chi connectivity index (χ0n) is 11.6. The van der Waals surface area contributed by atoms with Crippen molar-refractivity contribution in [2.24, 2.45) is 0 Å². The van der Waals surface area contributed by atoms with E-state index in [2.05, 4.69) is 0 Å². The Balaban J connectivity index is 3.23. The standard InChI is InChI=1S/C14H17FO5/c1-4-19-13(16)11(14(17)20-5-2)9-7-6-8-10(18-3)12(9)15/h6-8,11H,4-5H2,1-3H3. The van der Waals surface area contributed by atoms with Crippen molar-refractivity contribution >= 4 is 11.9 Å². The Morgan fingerprint density at radius 3 is 2.15 bits per heavy atom. The molecular formula is C14H17FO5. The molecule has 1 aromatic rings. The van der Waals surface area contributed by atoms with E-state index in [1.807, 2.05) is 0 Å². The molecule has 0 atom stereocenters. The van der Waals surface area contributed by atoms with Crippen LogP contribution in [0.2, 0.25) is 0 Å². The Hall–Kier alpha value is -2.11. The lowest BCUT2D eigenvalue weighted by Gasteiger charge is -2.16. The molecule has 1 aromatic carbocycles. The zero-order valence-corrected chi connectivity index (χ0v) is 11.6. The van der Waals surface area contributed by atoms with E-state index in [1.165, 1.54) is 25.3 Å². The predicted octanol–water partition coefficient (Wildman–Crippen LogP) is 2.04. The Labute approximate surface area is 116 Å². The maximum absolute atomic E-state index is 14.2. The van der Waals surface area contributed by atoms with Gasteiger partial charge in [0.15, 0.2) is 17.5 Å². The molecule has 0 aromatic heterocycles. The number of hydrogen-bond acceptors (Lipinski definition) is 5. The predicted molar refractivity (Wildman–Crippen MR) is 69.0 cm³/mol. The van der Waals surface area contributed by atoms with E-state index < -0.39 is 23.7 Å². The van der Waals surface area contributed by atoms with Gasteiger partial charge in [0.05, 0.1) is 20.3 Å². The first-order chi connectivity index (χ1) is 9.56. The molecule has 0 fully saturated rings. The Morgan fingerprint density at radius 2 is 1.70 bits per heavy atom. The van der Waals surface area contributed by atoms with Crippen LogP contribution in [0.15, 0.2) is 18.2 Å². The smallest absolute Gasteiger partial charge is 0.325 e. The van der Waals surface area contributed by atoms with Gasteiger partial charge in [-0.15, -0.1) is 0 Å². The van der Waals surface area contributed by atoms with Crippen LogP contribution in [0.5, 0.6) is 5.75 Å². The summed E-state index contributed by atoms with van der Waals surface area (Å²) in [6.07, 6.45) is 0. The van der Waals surface area contributed by atoms with Crippen molar-refractivity contribution in [3.63, 3.8) is 0 Å². The topological polar surface area (TPSA) is 61.8 Å². The number of carbonyl (C=O) groups excluding carboxylic acids is 2. The number of ether oxygens (including phenoxy) is 3. The highest BCUT2D eigenvalue weighted by Gasteiger charge is 2.34. The first-order valence-electron chi connectivity index (χ1n) is 6.22. The largest absolute Gasteiger partial charge is 0.494 e. The van der Waals surface area contributed by atoms with E-state index >= 15 is 0 Å². The summed E-state index contributed by atoms with van der Waals surface area (Å²) < 4.78 is 28.6. The number of carbonyl (C=O) groups is 2. The van der Waals surface area contributed by atoms with Gasteiger partial charge in [-0.3, -0.25) is 9.59 Å². The van der Waals surface area contributed by atoms with Crippen LogP contribution in [0.4, 0.5) is 4.39 Å². The van der Waals surface area contributed by atoms with Crippen molar-refractivity contribution in [1.82, 2.24) is 0 Å². The van der Waals surface area contributed by atoms with E-state index in [1.54, 1.807) is 13.8 Å². The van der Waals surface area contributed by atoms with Crippen molar-refractivity contribution in [2.75, 3.05) is 20.3 Å². The monoisotopic (exact) mass is 284 g/mol. The molecule has 0 heterocycles. The zero-order chi connectivity index (χ0) is 15.1. The molecule has 0 unspecified atom stereocenters. The van der Waals surface area contributed by atoms with Crippen LogP contribution in [0, 0.1) is 5.82 Å². The molecule has 1 rings (SSSR count). The van der Waals surface area contributed by atoms with Gasteiger partial charge in [0.1, 0.15) is 0 Å². The molecule has 0 radical (unpaired) electrons. The van der Waals surface area contributed by atoms with E-state index in [-0.39, 0.29) is 24.5 Å². The van der Waals surface area contributed by atoms with E-state index in [0.717, 1.165) is 0 Å². The number of halogens is 1. The number of hydrogen-bond donors (Lipinski definition) is 0. The fraction of sp³-hybridized carbons (Fsp3) is 0.429. The van der Waals surface area contributed by atoms with Crippen molar-refractivity contribution in [1.29, 1.82) is 0 Å². The lowest BCUT2D eigenvalue weighted by molar-refractivity contribution is -0.157. The molecule has 5 nitrogen and oxygen atoms in total. The molecule has 6 heteroatoms. The summed E-state index contributed by atoms with van der Waals surface area (Å²) >= 11 is 0. The van der Waals surface area contributed by atoms with Crippen LogP contribution < -0.4 is 4.74 Å². The number of methoxy groups -OCH3 is 1. The van der Waals surface area contributed by atoms with Crippen LogP contribution in [0.25, 0.3) is 0 Å². The summed E-state index contributed by atoms with van der Waals surface area (Å²) in [5, 5.41) is 0. The average molecular weight is 284 g/mol. The summed E-state index contributed by atoms with van der Waals surface area (Å²) in [5.74, 6) is -3.98. The lowest BCUT2D eigenvalue weighted by atomic mass is 9.98. The highest BCUT2D eigenvalue weighted by atomic mass is 19.1. The van der Waals surface area contributed by atoms with Gasteiger partial charge in [0, 0.05) is 5.56 Å². The fourth-order valence-electron chi connectivity index (χ4n) is 1.71. The number of benzene rings is 1. The lowest BCUT2D eigenvalue weighted by Crippen LogP contribution is -2.27. The maximum atomic E-state index is 14.2. The molecule has 0 bridgehead atoms. The van der Waals surface area contributed by atoms with Crippen molar-refractivity contribution in [2.45, 2.75) is 19.8 Å². The van der Waals surface area contributed by atoms with Gasteiger partial charge in [-0.05, 0) is 19.9 Å². The average Bonchev–Trinajstić information content (AvgIpc) is 2.41. The van der Waals surface area contributed by atoms with Crippen molar-refractivity contribution in [3.8, 4) is 5.75 Å². The summed E-state index contributed by atoms with van der Waals surface area (Å²) in [4.78, 5) is 23.8. The second-order valence-corrected chi connectivity index (χ2v) is 3.80. The molecule has 0 aliphatic rings. The summed E-state index contributed by atoms with van der Waals surface area (Å²) in [7, 11) is 1.30. The van der Waals surface area contributed by atoms with Crippen LogP contribution in [-0.4, -0.2) is 32.3 Å². The summed E-state index contributed by atoms with van der Waals surface area (Å²) in [6, 6.07) is 4.21. The second-order valence-electron chi connectivity index (χ2n) is 3.80. The highest BCUT2D eigenvalue weighted by molar-refractivity contribution is 6.01. The normalized spacial score (nSPS) is 10.2. The highest BCUT2D eigenvalue weighted by Crippen LogP contribution is 2.28. The number of esters is 2. The minimum absolute atomic E-state index is 0.0545. The van der Waals surface area contributed by atoms with Gasteiger partial charge in [-0.25, -0.2) is 4.39 Å². The van der Waals surface area contributed by atoms with Crippen LogP contribution in [0.3, 0.4) is 0 Å². The first kappa shape index (κ1) is 15.9. The SMILES string of the molecule is CCOC(=O)C(C(=O)OCC)c1cccc(OC)c1F. The molecule has 0 aliphatic carbocycles. The minimum atomic E-state index is -1.45. The number of rotatable bonds is 6. The molecule has 0 aliphatic heterocycles. The van der Waals surface area contributed by atoms with Gasteiger partial charge < -0.3 is 14.2 Å². The van der Waals surface area contributed by atoms with Gasteiger partial charge >= 0.3 is 11.9 Å². The molecule has 20 heavy (non-hydrogen) atoms. The maximum Gasteiger partial charge on any atom is 0.325 e. The molecule has 0 spiro atoms. The summed E-state index contributed by atoms with van der Waals surface area (Å²) in [5.41, 5.74) is -0.124. The third kappa shape index (κ3) is 3.46. The van der Waals surface area contributed by atoms with Crippen molar-refractivity contribution < 1.29 is 28.2 Å². The quantitative estimate of drug-likeness (QED) is 0.591. The molecule has 0 amide bonds. The molecule has 0 saturated heterocycles.